The number of thioether (sulfide) groups is 1. The van der Waals surface area contributed by atoms with Gasteiger partial charge in [-0.15, -0.1) is 0 Å². The highest BCUT2D eigenvalue weighted by Gasteiger charge is 2.09. The summed E-state index contributed by atoms with van der Waals surface area (Å²) in [6.45, 7) is 3.21. The maximum Gasteiger partial charge on any atom is 0.0198 e. The lowest BCUT2D eigenvalue weighted by atomic mass is 9.99. The Bertz CT molecular complexity index is 484. The Kier molecular flexibility index (Phi) is 5.09. The van der Waals surface area contributed by atoms with Gasteiger partial charge in [-0.25, -0.2) is 0 Å². The van der Waals surface area contributed by atoms with E-state index in [0.29, 0.717) is 6.04 Å². The number of rotatable bonds is 6. The highest BCUT2D eigenvalue weighted by atomic mass is 32.2. The van der Waals surface area contributed by atoms with Gasteiger partial charge in [0.2, 0.25) is 0 Å². The molecule has 0 aromatic heterocycles. The number of benzene rings is 2. The number of hydrogen-bond donors (Lipinski definition) is 1. The summed E-state index contributed by atoms with van der Waals surface area (Å²) in [5, 5.41) is 6.31. The quantitative estimate of drug-likeness (QED) is 0.848. The zero-order valence-electron chi connectivity index (χ0n) is 11.1. The summed E-state index contributed by atoms with van der Waals surface area (Å²) in [5.74, 6) is 1.16. The van der Waals surface area contributed by atoms with Crippen LogP contribution in [0, 0.1) is 0 Å². The lowest BCUT2D eigenvalue weighted by Crippen LogP contribution is -2.33. The third-order valence-electron chi connectivity index (χ3n) is 3.21. The van der Waals surface area contributed by atoms with Gasteiger partial charge < -0.3 is 5.32 Å². The predicted octanol–water partition coefficient (Wildman–Crippen LogP) is 3.72. The number of nitrogens with one attached hydrogen (secondary N) is 1. The molecule has 2 aromatic rings. The molecular formula is C16H21NS. The van der Waals surface area contributed by atoms with Crippen LogP contribution in [0.2, 0.25) is 0 Å². The molecule has 2 heteroatoms. The highest BCUT2D eigenvalue weighted by Crippen LogP contribution is 2.20. The van der Waals surface area contributed by atoms with Crippen LogP contribution in [0.5, 0.6) is 0 Å². The van der Waals surface area contributed by atoms with Crippen molar-refractivity contribution in [1.29, 1.82) is 0 Å². The average Bonchev–Trinajstić information content (AvgIpc) is 2.40. The van der Waals surface area contributed by atoms with Crippen LogP contribution < -0.4 is 5.32 Å². The summed E-state index contributed by atoms with van der Waals surface area (Å²) in [6.07, 6.45) is 3.28. The van der Waals surface area contributed by atoms with E-state index in [1.165, 1.54) is 16.3 Å². The molecule has 0 heterocycles. The van der Waals surface area contributed by atoms with E-state index in [9.17, 15) is 0 Å². The van der Waals surface area contributed by atoms with E-state index < -0.39 is 0 Å². The van der Waals surface area contributed by atoms with Crippen LogP contribution in [0.15, 0.2) is 42.5 Å². The molecule has 1 nitrogen and oxygen atoms in total. The molecule has 0 aliphatic carbocycles. The number of hydrogen-bond acceptors (Lipinski definition) is 2. The highest BCUT2D eigenvalue weighted by molar-refractivity contribution is 7.98. The zero-order valence-corrected chi connectivity index (χ0v) is 12.0. The molecule has 0 radical (unpaired) electrons. The molecule has 96 valence electrons. The molecule has 0 spiro atoms. The van der Waals surface area contributed by atoms with Gasteiger partial charge in [-0.2, -0.15) is 11.8 Å². The van der Waals surface area contributed by atoms with Crippen molar-refractivity contribution in [1.82, 2.24) is 5.32 Å². The van der Waals surface area contributed by atoms with Crippen molar-refractivity contribution in [2.45, 2.75) is 19.4 Å². The maximum absolute atomic E-state index is 3.58. The Labute approximate surface area is 114 Å². The minimum Gasteiger partial charge on any atom is -0.313 e. The Balaban J connectivity index is 2.24. The molecule has 0 saturated carbocycles. The summed E-state index contributed by atoms with van der Waals surface area (Å²) < 4.78 is 0. The standard InChI is InChI=1S/C16H21NS/c1-3-17-15(12-18-2)11-14-9-6-8-13-7-4-5-10-16(13)14/h4-10,15,17H,3,11-12H2,1-2H3. The molecular weight excluding hydrogens is 238 g/mol. The van der Waals surface area contributed by atoms with Gasteiger partial charge in [-0.05, 0) is 35.6 Å². The van der Waals surface area contributed by atoms with E-state index >= 15 is 0 Å². The first-order valence-electron chi connectivity index (χ1n) is 6.54. The molecule has 2 aromatic carbocycles. The van der Waals surface area contributed by atoms with Gasteiger partial charge in [0.05, 0.1) is 0 Å². The van der Waals surface area contributed by atoms with Crippen molar-refractivity contribution < 1.29 is 0 Å². The molecule has 0 saturated heterocycles. The van der Waals surface area contributed by atoms with Gasteiger partial charge in [0.15, 0.2) is 0 Å². The second-order valence-corrected chi connectivity index (χ2v) is 5.46. The lowest BCUT2D eigenvalue weighted by Gasteiger charge is -2.18. The lowest BCUT2D eigenvalue weighted by molar-refractivity contribution is 0.574. The third-order valence-corrected chi connectivity index (χ3v) is 3.94. The Hall–Kier alpha value is -0.990. The third kappa shape index (κ3) is 3.27. The second-order valence-electron chi connectivity index (χ2n) is 4.55. The van der Waals surface area contributed by atoms with Crippen LogP contribution in [0.4, 0.5) is 0 Å². The minimum absolute atomic E-state index is 0.566. The number of likely N-dealkylation sites (N-methyl/N-ethyl adjacent to an activating group) is 1. The summed E-state index contributed by atoms with van der Waals surface area (Å²) in [4.78, 5) is 0. The fraction of sp³-hybridized carbons (Fsp3) is 0.375. The largest absolute Gasteiger partial charge is 0.313 e. The van der Waals surface area contributed by atoms with Crippen LogP contribution in [0.1, 0.15) is 12.5 Å². The van der Waals surface area contributed by atoms with Gasteiger partial charge >= 0.3 is 0 Å². The predicted molar refractivity (Wildman–Crippen MR) is 83.5 cm³/mol. The molecule has 1 unspecified atom stereocenters. The van der Waals surface area contributed by atoms with Crippen LogP contribution in [0.3, 0.4) is 0 Å². The van der Waals surface area contributed by atoms with E-state index in [2.05, 4.69) is 61.0 Å². The fourth-order valence-electron chi connectivity index (χ4n) is 2.42. The van der Waals surface area contributed by atoms with Gasteiger partial charge in [-0.1, -0.05) is 49.4 Å². The SMILES string of the molecule is CCNC(CSC)Cc1cccc2ccccc12. The first-order chi connectivity index (χ1) is 8.85. The first-order valence-corrected chi connectivity index (χ1v) is 7.93. The van der Waals surface area contributed by atoms with Gasteiger partial charge in [0.1, 0.15) is 0 Å². The molecule has 0 fully saturated rings. The smallest absolute Gasteiger partial charge is 0.0198 e. The van der Waals surface area contributed by atoms with Gasteiger partial charge in [0.25, 0.3) is 0 Å². The summed E-state index contributed by atoms with van der Waals surface area (Å²) in [6, 6.07) is 15.8. The fourth-order valence-corrected chi connectivity index (χ4v) is 3.05. The molecule has 1 N–H and O–H groups in total. The van der Waals surface area contributed by atoms with Crippen molar-refractivity contribution in [2.75, 3.05) is 18.6 Å². The van der Waals surface area contributed by atoms with E-state index in [4.69, 9.17) is 0 Å². The van der Waals surface area contributed by atoms with Crippen LogP contribution in [0.25, 0.3) is 10.8 Å². The summed E-state index contributed by atoms with van der Waals surface area (Å²) in [5.41, 5.74) is 1.45. The average molecular weight is 259 g/mol. The molecule has 0 aliphatic rings. The van der Waals surface area contributed by atoms with Crippen LogP contribution >= 0.6 is 11.8 Å². The molecule has 1 atom stereocenters. The summed E-state index contributed by atoms with van der Waals surface area (Å²) >= 11 is 1.91. The molecule has 0 aliphatic heterocycles. The molecule has 0 amide bonds. The zero-order chi connectivity index (χ0) is 12.8. The van der Waals surface area contributed by atoms with Crippen LogP contribution in [-0.4, -0.2) is 24.6 Å². The summed E-state index contributed by atoms with van der Waals surface area (Å²) in [7, 11) is 0. The van der Waals surface area contributed by atoms with E-state index in [0.717, 1.165) is 18.7 Å². The van der Waals surface area contributed by atoms with Crippen molar-refractivity contribution in [2.24, 2.45) is 0 Å². The van der Waals surface area contributed by atoms with Gasteiger partial charge in [0, 0.05) is 11.8 Å². The van der Waals surface area contributed by atoms with E-state index in [-0.39, 0.29) is 0 Å². The van der Waals surface area contributed by atoms with Crippen molar-refractivity contribution in [3.05, 3.63) is 48.0 Å². The monoisotopic (exact) mass is 259 g/mol. The molecule has 0 bridgehead atoms. The second kappa shape index (κ2) is 6.81. The van der Waals surface area contributed by atoms with Gasteiger partial charge in [-0.3, -0.25) is 0 Å². The Morgan fingerprint density at radius 3 is 2.67 bits per heavy atom. The Morgan fingerprint density at radius 2 is 1.89 bits per heavy atom. The molecule has 18 heavy (non-hydrogen) atoms. The first kappa shape index (κ1) is 13.4. The maximum atomic E-state index is 3.58. The normalized spacial score (nSPS) is 12.8. The van der Waals surface area contributed by atoms with Crippen molar-refractivity contribution >= 4 is 22.5 Å². The molecule has 2 rings (SSSR count). The van der Waals surface area contributed by atoms with Crippen LogP contribution in [-0.2, 0) is 6.42 Å². The topological polar surface area (TPSA) is 12.0 Å². The Morgan fingerprint density at radius 1 is 1.11 bits per heavy atom. The number of fused-ring (bicyclic) bond motifs is 1. The van der Waals surface area contributed by atoms with E-state index in [1.54, 1.807) is 0 Å². The van der Waals surface area contributed by atoms with Crippen molar-refractivity contribution in [3.8, 4) is 0 Å². The minimum atomic E-state index is 0.566. The van der Waals surface area contributed by atoms with Crippen molar-refractivity contribution in [3.63, 3.8) is 0 Å². The van der Waals surface area contributed by atoms with E-state index in [1.807, 2.05) is 11.8 Å².